The lowest BCUT2D eigenvalue weighted by Gasteiger charge is -2.11. The van der Waals surface area contributed by atoms with Crippen LogP contribution in [0.3, 0.4) is 0 Å². The fraction of sp³-hybridized carbons (Fsp3) is 0.0455. The van der Waals surface area contributed by atoms with Gasteiger partial charge in [-0.15, -0.1) is 0 Å². The third-order valence-corrected chi connectivity index (χ3v) is 4.88. The molecule has 144 valence electrons. The summed E-state index contributed by atoms with van der Waals surface area (Å²) in [5.41, 5.74) is 0.614. The summed E-state index contributed by atoms with van der Waals surface area (Å²) in [6, 6.07) is 20.8. The average molecular weight is 425 g/mol. The Morgan fingerprint density at radius 3 is 2.38 bits per heavy atom. The Morgan fingerprint density at radius 1 is 0.931 bits per heavy atom. The van der Waals surface area contributed by atoms with Crippen LogP contribution in [0.4, 0.5) is 0 Å². The molecule has 0 fully saturated rings. The van der Waals surface area contributed by atoms with Crippen LogP contribution >= 0.6 is 23.2 Å². The van der Waals surface area contributed by atoms with Crippen LogP contribution in [0.5, 0.6) is 5.75 Å². The van der Waals surface area contributed by atoms with Gasteiger partial charge in [0.25, 0.3) is 5.56 Å². The van der Waals surface area contributed by atoms with Gasteiger partial charge in [0.05, 0.1) is 17.0 Å². The monoisotopic (exact) mass is 424 g/mol. The van der Waals surface area contributed by atoms with E-state index in [-0.39, 0.29) is 28.6 Å². The quantitative estimate of drug-likeness (QED) is 0.342. The van der Waals surface area contributed by atoms with E-state index in [0.717, 1.165) is 5.56 Å². The highest BCUT2D eigenvalue weighted by Crippen LogP contribution is 2.28. The lowest BCUT2D eigenvalue weighted by Crippen LogP contribution is -2.27. The summed E-state index contributed by atoms with van der Waals surface area (Å²) in [5.74, 6) is -0.608. The molecular weight excluding hydrogens is 411 g/mol. The molecule has 4 aromatic rings. The molecule has 3 aromatic carbocycles. The molecular formula is C22H14Cl2N2O3. The molecule has 0 saturated heterocycles. The van der Waals surface area contributed by atoms with Gasteiger partial charge in [0.1, 0.15) is 0 Å². The van der Waals surface area contributed by atoms with E-state index in [4.69, 9.17) is 27.9 Å². The Labute approximate surface area is 176 Å². The van der Waals surface area contributed by atoms with Crippen LogP contribution in [-0.2, 0) is 6.54 Å². The summed E-state index contributed by atoms with van der Waals surface area (Å²) < 4.78 is 6.69. The van der Waals surface area contributed by atoms with E-state index in [1.54, 1.807) is 30.3 Å². The fourth-order valence-corrected chi connectivity index (χ4v) is 3.27. The molecule has 4 rings (SSSR count). The lowest BCUT2D eigenvalue weighted by atomic mass is 10.1. The Balaban J connectivity index is 1.80. The summed E-state index contributed by atoms with van der Waals surface area (Å²) >= 11 is 12.1. The molecule has 5 nitrogen and oxygen atoms in total. The van der Waals surface area contributed by atoms with Crippen molar-refractivity contribution in [1.82, 2.24) is 9.78 Å². The van der Waals surface area contributed by atoms with Crippen molar-refractivity contribution in [3.8, 4) is 5.75 Å². The maximum absolute atomic E-state index is 12.9. The third-order valence-electron chi connectivity index (χ3n) is 4.33. The Hall–Kier alpha value is -3.15. The number of carbonyl (C=O) groups excluding carboxylic acids is 1. The van der Waals surface area contributed by atoms with Gasteiger partial charge in [-0.1, -0.05) is 71.7 Å². The van der Waals surface area contributed by atoms with Crippen LogP contribution in [0.2, 0.25) is 10.0 Å². The first kappa shape index (κ1) is 19.2. The summed E-state index contributed by atoms with van der Waals surface area (Å²) in [6.45, 7) is 0.225. The van der Waals surface area contributed by atoms with Gasteiger partial charge >= 0.3 is 5.97 Å². The number of hydrogen-bond donors (Lipinski definition) is 0. The topological polar surface area (TPSA) is 61.2 Å². The van der Waals surface area contributed by atoms with Crippen LogP contribution in [0.1, 0.15) is 16.1 Å². The normalized spacial score (nSPS) is 10.8. The van der Waals surface area contributed by atoms with Gasteiger partial charge in [-0.25, -0.2) is 9.48 Å². The number of rotatable bonds is 4. The van der Waals surface area contributed by atoms with Crippen molar-refractivity contribution in [3.63, 3.8) is 0 Å². The summed E-state index contributed by atoms with van der Waals surface area (Å²) in [5, 5.41) is 5.70. The molecule has 0 bridgehead atoms. The molecule has 0 unspecified atom stereocenters. The zero-order chi connectivity index (χ0) is 20.4. The molecule has 0 amide bonds. The third kappa shape index (κ3) is 4.01. The second kappa shape index (κ2) is 8.07. The minimum Gasteiger partial charge on any atom is -0.420 e. The number of hydrogen-bond acceptors (Lipinski definition) is 4. The van der Waals surface area contributed by atoms with Crippen molar-refractivity contribution in [2.75, 3.05) is 0 Å². The van der Waals surface area contributed by atoms with E-state index in [0.29, 0.717) is 15.8 Å². The standard InChI is InChI=1S/C22H14Cl2N2O3/c23-15-10-11-18(24)19(12-15)29-22(28)20-16-8-4-5-9-17(16)21(27)26(25-20)13-14-6-2-1-3-7-14/h1-12H,13H2. The maximum atomic E-state index is 12.9. The van der Waals surface area contributed by atoms with Crippen LogP contribution in [-0.4, -0.2) is 15.7 Å². The second-order valence-electron chi connectivity index (χ2n) is 6.31. The number of halogens is 2. The number of ether oxygens (including phenoxy) is 1. The van der Waals surface area contributed by atoms with Crippen molar-refractivity contribution < 1.29 is 9.53 Å². The van der Waals surface area contributed by atoms with Crippen molar-refractivity contribution >= 4 is 39.9 Å². The zero-order valence-corrected chi connectivity index (χ0v) is 16.5. The highest BCUT2D eigenvalue weighted by Gasteiger charge is 2.20. The van der Waals surface area contributed by atoms with Crippen LogP contribution in [0, 0.1) is 0 Å². The maximum Gasteiger partial charge on any atom is 0.364 e. The summed E-state index contributed by atoms with van der Waals surface area (Å²) in [4.78, 5) is 25.8. The minimum absolute atomic E-state index is 0.0205. The molecule has 0 atom stereocenters. The summed E-state index contributed by atoms with van der Waals surface area (Å²) in [6.07, 6.45) is 0. The first-order valence-corrected chi connectivity index (χ1v) is 9.49. The molecule has 0 spiro atoms. The number of benzene rings is 3. The van der Waals surface area contributed by atoms with Gasteiger partial charge < -0.3 is 4.74 Å². The molecule has 0 aliphatic rings. The second-order valence-corrected chi connectivity index (χ2v) is 7.15. The van der Waals surface area contributed by atoms with Gasteiger partial charge in [-0.2, -0.15) is 5.10 Å². The predicted octanol–water partition coefficient (Wildman–Crippen LogP) is 4.97. The number of carbonyl (C=O) groups is 1. The average Bonchev–Trinajstić information content (AvgIpc) is 2.73. The first-order chi connectivity index (χ1) is 14.0. The van der Waals surface area contributed by atoms with E-state index in [2.05, 4.69) is 5.10 Å². The van der Waals surface area contributed by atoms with E-state index in [1.807, 2.05) is 30.3 Å². The van der Waals surface area contributed by atoms with E-state index in [9.17, 15) is 9.59 Å². The van der Waals surface area contributed by atoms with Gasteiger partial charge in [0.2, 0.25) is 0 Å². The highest BCUT2D eigenvalue weighted by molar-refractivity contribution is 6.34. The molecule has 0 radical (unpaired) electrons. The van der Waals surface area contributed by atoms with Crippen LogP contribution in [0.15, 0.2) is 77.6 Å². The molecule has 0 saturated carbocycles. The van der Waals surface area contributed by atoms with Crippen LogP contribution < -0.4 is 10.3 Å². The fourth-order valence-electron chi connectivity index (χ4n) is 2.95. The molecule has 0 N–H and O–H groups in total. The minimum atomic E-state index is -0.729. The number of aromatic nitrogens is 2. The number of esters is 1. The van der Waals surface area contributed by atoms with Crippen molar-refractivity contribution in [2.24, 2.45) is 0 Å². The zero-order valence-electron chi connectivity index (χ0n) is 15.0. The Morgan fingerprint density at radius 2 is 1.62 bits per heavy atom. The molecule has 29 heavy (non-hydrogen) atoms. The van der Waals surface area contributed by atoms with Crippen LogP contribution in [0.25, 0.3) is 10.8 Å². The molecule has 7 heteroatoms. The van der Waals surface area contributed by atoms with Gasteiger partial charge in [-0.3, -0.25) is 4.79 Å². The smallest absolute Gasteiger partial charge is 0.364 e. The first-order valence-electron chi connectivity index (χ1n) is 8.74. The van der Waals surface area contributed by atoms with Crippen molar-refractivity contribution in [2.45, 2.75) is 6.54 Å². The van der Waals surface area contributed by atoms with Gasteiger partial charge in [0, 0.05) is 16.5 Å². The van der Waals surface area contributed by atoms with Crippen molar-refractivity contribution in [3.05, 3.63) is 104 Å². The number of nitrogens with zero attached hydrogens (tertiary/aromatic N) is 2. The molecule has 1 aromatic heterocycles. The Kier molecular flexibility index (Phi) is 5.34. The number of fused-ring (bicyclic) bond motifs is 1. The molecule has 0 aliphatic carbocycles. The van der Waals surface area contributed by atoms with E-state index in [1.165, 1.54) is 16.8 Å². The predicted molar refractivity (Wildman–Crippen MR) is 113 cm³/mol. The summed E-state index contributed by atoms with van der Waals surface area (Å²) in [7, 11) is 0. The van der Waals surface area contributed by atoms with Gasteiger partial charge in [-0.05, 0) is 23.8 Å². The Bertz CT molecular complexity index is 1270. The van der Waals surface area contributed by atoms with E-state index >= 15 is 0 Å². The molecule has 0 aliphatic heterocycles. The largest absolute Gasteiger partial charge is 0.420 e. The van der Waals surface area contributed by atoms with Gasteiger partial charge in [0.15, 0.2) is 11.4 Å². The van der Waals surface area contributed by atoms with E-state index < -0.39 is 5.97 Å². The lowest BCUT2D eigenvalue weighted by molar-refractivity contribution is 0.0728. The SMILES string of the molecule is O=C(Oc1cc(Cl)ccc1Cl)c1nn(Cc2ccccc2)c(=O)c2ccccc12. The van der Waals surface area contributed by atoms with Crippen molar-refractivity contribution in [1.29, 1.82) is 0 Å². The highest BCUT2D eigenvalue weighted by atomic mass is 35.5. The molecule has 1 heterocycles.